The van der Waals surface area contributed by atoms with Gasteiger partial charge in [-0.25, -0.2) is 0 Å². The predicted molar refractivity (Wildman–Crippen MR) is 83.9 cm³/mol. The molecule has 2 rings (SSSR count). The third kappa shape index (κ3) is 3.89. The van der Waals surface area contributed by atoms with Crippen LogP contribution in [0.25, 0.3) is 0 Å². The van der Waals surface area contributed by atoms with Crippen molar-refractivity contribution in [3.8, 4) is 0 Å². The number of nitrogens with zero attached hydrogens (tertiary/aromatic N) is 3. The minimum absolute atomic E-state index is 0.0961. The number of aliphatic hydroxyl groups excluding tert-OH is 1. The quantitative estimate of drug-likeness (QED) is 0.649. The zero-order valence-electron chi connectivity index (χ0n) is 12.7. The molecule has 0 spiro atoms. The first-order valence-electron chi connectivity index (χ1n) is 7.07. The van der Waals surface area contributed by atoms with E-state index in [-0.39, 0.29) is 36.9 Å². The minimum atomic E-state index is -0.510. The van der Waals surface area contributed by atoms with E-state index in [0.717, 1.165) is 5.56 Å². The Balaban J connectivity index is 2.31. The number of pyridine rings is 1. The topological polar surface area (TPSA) is 96.6 Å². The van der Waals surface area contributed by atoms with Crippen molar-refractivity contribution in [3.05, 3.63) is 69.5 Å². The Kier molecular flexibility index (Phi) is 5.37. The van der Waals surface area contributed by atoms with Crippen LogP contribution in [0.1, 0.15) is 21.5 Å². The smallest absolute Gasteiger partial charge is 0.273 e. The van der Waals surface area contributed by atoms with Gasteiger partial charge in [-0.05, 0) is 24.6 Å². The number of hydrogen-bond donors (Lipinski definition) is 1. The lowest BCUT2D eigenvalue weighted by Crippen LogP contribution is -2.33. The van der Waals surface area contributed by atoms with Crippen LogP contribution >= 0.6 is 0 Å². The number of nitro benzene ring substituents is 1. The van der Waals surface area contributed by atoms with Crippen molar-refractivity contribution in [2.24, 2.45) is 0 Å². The molecule has 0 bridgehead atoms. The van der Waals surface area contributed by atoms with Crippen LogP contribution in [0.5, 0.6) is 0 Å². The van der Waals surface area contributed by atoms with Gasteiger partial charge in [-0.2, -0.15) is 0 Å². The fourth-order valence-electron chi connectivity index (χ4n) is 2.31. The fraction of sp³-hybridized carbons (Fsp3) is 0.250. The number of rotatable bonds is 6. The Labute approximate surface area is 133 Å². The van der Waals surface area contributed by atoms with Crippen LogP contribution in [0.2, 0.25) is 0 Å². The molecular formula is C16H17N3O4. The summed E-state index contributed by atoms with van der Waals surface area (Å²) < 4.78 is 0. The van der Waals surface area contributed by atoms with E-state index in [2.05, 4.69) is 4.98 Å². The first-order valence-corrected chi connectivity index (χ1v) is 7.07. The van der Waals surface area contributed by atoms with Crippen molar-refractivity contribution in [3.63, 3.8) is 0 Å². The summed E-state index contributed by atoms with van der Waals surface area (Å²) in [5.41, 5.74) is 1.30. The van der Waals surface area contributed by atoms with Gasteiger partial charge < -0.3 is 10.0 Å². The van der Waals surface area contributed by atoms with Crippen LogP contribution in [0.4, 0.5) is 5.69 Å². The summed E-state index contributed by atoms with van der Waals surface area (Å²) in [6.45, 7) is 1.76. The van der Waals surface area contributed by atoms with Crippen LogP contribution in [-0.2, 0) is 6.54 Å². The van der Waals surface area contributed by atoms with E-state index in [1.165, 1.54) is 17.0 Å². The normalized spacial score (nSPS) is 10.3. The van der Waals surface area contributed by atoms with Crippen LogP contribution in [0, 0.1) is 17.0 Å². The summed E-state index contributed by atoms with van der Waals surface area (Å²) in [6, 6.07) is 7.99. The molecule has 0 aliphatic carbocycles. The molecule has 1 aromatic heterocycles. The SMILES string of the molecule is Cc1c(C(=O)N(CCO)Cc2cccnc2)cccc1[N+](=O)[O-]. The van der Waals surface area contributed by atoms with E-state index >= 15 is 0 Å². The molecule has 0 radical (unpaired) electrons. The predicted octanol–water partition coefficient (Wildman–Crippen LogP) is 1.93. The van der Waals surface area contributed by atoms with Gasteiger partial charge in [0.25, 0.3) is 11.6 Å². The van der Waals surface area contributed by atoms with E-state index < -0.39 is 4.92 Å². The summed E-state index contributed by atoms with van der Waals surface area (Å²) in [5.74, 6) is -0.357. The summed E-state index contributed by atoms with van der Waals surface area (Å²) in [7, 11) is 0. The van der Waals surface area contributed by atoms with Crippen molar-refractivity contribution in [2.45, 2.75) is 13.5 Å². The molecule has 0 aliphatic heterocycles. The maximum Gasteiger partial charge on any atom is 0.273 e. The highest BCUT2D eigenvalue weighted by atomic mass is 16.6. The lowest BCUT2D eigenvalue weighted by Gasteiger charge is -2.22. The molecule has 23 heavy (non-hydrogen) atoms. The van der Waals surface area contributed by atoms with Gasteiger partial charge in [-0.3, -0.25) is 19.9 Å². The maximum atomic E-state index is 12.7. The average molecular weight is 315 g/mol. The molecule has 1 aromatic carbocycles. The highest BCUT2D eigenvalue weighted by molar-refractivity contribution is 5.96. The van der Waals surface area contributed by atoms with Crippen molar-refractivity contribution in [1.82, 2.24) is 9.88 Å². The van der Waals surface area contributed by atoms with Crippen molar-refractivity contribution >= 4 is 11.6 Å². The molecule has 7 nitrogen and oxygen atoms in total. The maximum absolute atomic E-state index is 12.7. The summed E-state index contributed by atoms with van der Waals surface area (Å²) in [4.78, 5) is 28.7. The van der Waals surface area contributed by atoms with Gasteiger partial charge in [-0.1, -0.05) is 12.1 Å². The number of benzene rings is 1. The summed E-state index contributed by atoms with van der Waals surface area (Å²) in [5, 5.41) is 20.2. The highest BCUT2D eigenvalue weighted by Crippen LogP contribution is 2.22. The Bertz CT molecular complexity index is 704. The lowest BCUT2D eigenvalue weighted by atomic mass is 10.1. The largest absolute Gasteiger partial charge is 0.395 e. The molecule has 1 N–H and O–H groups in total. The highest BCUT2D eigenvalue weighted by Gasteiger charge is 2.22. The number of aliphatic hydroxyl groups is 1. The molecule has 120 valence electrons. The third-order valence-corrected chi connectivity index (χ3v) is 3.49. The Morgan fingerprint density at radius 1 is 1.35 bits per heavy atom. The van der Waals surface area contributed by atoms with Crippen LogP contribution in [-0.4, -0.2) is 39.0 Å². The van der Waals surface area contributed by atoms with Crippen LogP contribution < -0.4 is 0 Å². The number of carbonyl (C=O) groups is 1. The van der Waals surface area contributed by atoms with E-state index in [0.29, 0.717) is 5.56 Å². The molecule has 0 unspecified atom stereocenters. The van der Waals surface area contributed by atoms with E-state index in [9.17, 15) is 20.0 Å². The van der Waals surface area contributed by atoms with Gasteiger partial charge in [0, 0.05) is 42.7 Å². The monoisotopic (exact) mass is 315 g/mol. The number of nitro groups is 1. The molecule has 1 heterocycles. The van der Waals surface area contributed by atoms with Gasteiger partial charge in [-0.15, -0.1) is 0 Å². The lowest BCUT2D eigenvalue weighted by molar-refractivity contribution is -0.385. The minimum Gasteiger partial charge on any atom is -0.395 e. The second kappa shape index (κ2) is 7.46. The number of amides is 1. The Morgan fingerprint density at radius 3 is 2.74 bits per heavy atom. The van der Waals surface area contributed by atoms with Gasteiger partial charge in [0.05, 0.1) is 11.5 Å². The van der Waals surface area contributed by atoms with Gasteiger partial charge in [0.15, 0.2) is 0 Å². The molecule has 0 saturated carbocycles. The second-order valence-electron chi connectivity index (χ2n) is 5.02. The van der Waals surface area contributed by atoms with Crippen LogP contribution in [0.3, 0.4) is 0 Å². The Hall–Kier alpha value is -2.80. The molecule has 0 aliphatic rings. The van der Waals surface area contributed by atoms with Gasteiger partial charge in [0.1, 0.15) is 0 Å². The molecule has 0 atom stereocenters. The van der Waals surface area contributed by atoms with Crippen molar-refractivity contribution in [2.75, 3.05) is 13.2 Å². The van der Waals surface area contributed by atoms with Gasteiger partial charge >= 0.3 is 0 Å². The fourth-order valence-corrected chi connectivity index (χ4v) is 2.31. The number of carbonyl (C=O) groups excluding carboxylic acids is 1. The number of aromatic nitrogens is 1. The second-order valence-corrected chi connectivity index (χ2v) is 5.02. The molecular weight excluding hydrogens is 298 g/mol. The van der Waals surface area contributed by atoms with E-state index in [1.54, 1.807) is 31.5 Å². The average Bonchev–Trinajstić information content (AvgIpc) is 2.55. The van der Waals surface area contributed by atoms with E-state index in [1.807, 2.05) is 6.07 Å². The molecule has 7 heteroatoms. The standard InChI is InChI=1S/C16H17N3O4/c1-12-14(5-2-6-15(12)19(22)23)16(21)18(8-9-20)11-13-4-3-7-17-10-13/h2-7,10,20H,8-9,11H2,1H3. The van der Waals surface area contributed by atoms with Gasteiger partial charge in [0.2, 0.25) is 0 Å². The first kappa shape index (κ1) is 16.6. The summed E-state index contributed by atoms with van der Waals surface area (Å²) in [6.07, 6.45) is 3.27. The zero-order valence-corrected chi connectivity index (χ0v) is 12.7. The molecule has 0 saturated heterocycles. The third-order valence-electron chi connectivity index (χ3n) is 3.49. The molecule has 1 amide bonds. The van der Waals surface area contributed by atoms with Crippen LogP contribution in [0.15, 0.2) is 42.7 Å². The van der Waals surface area contributed by atoms with Crippen molar-refractivity contribution in [1.29, 1.82) is 0 Å². The van der Waals surface area contributed by atoms with E-state index in [4.69, 9.17) is 0 Å². The first-order chi connectivity index (χ1) is 11.0. The zero-order chi connectivity index (χ0) is 16.8. The summed E-state index contributed by atoms with van der Waals surface area (Å²) >= 11 is 0. The molecule has 2 aromatic rings. The molecule has 0 fully saturated rings. The Morgan fingerprint density at radius 2 is 2.13 bits per heavy atom. The number of hydrogen-bond acceptors (Lipinski definition) is 5. The van der Waals surface area contributed by atoms with Crippen molar-refractivity contribution < 1.29 is 14.8 Å².